The van der Waals surface area contributed by atoms with Crippen LogP contribution in [0.25, 0.3) is 0 Å². The second-order valence-corrected chi connectivity index (χ2v) is 5.72. The SMILES string of the molecule is N/C(=N\N=C(/N)c1c(Cl)cccc1Br)c1ccccc1Cl. The minimum absolute atomic E-state index is 0.155. The van der Waals surface area contributed by atoms with Gasteiger partial charge in [-0.3, -0.25) is 0 Å². The molecule has 21 heavy (non-hydrogen) atoms. The maximum Gasteiger partial charge on any atom is 0.156 e. The zero-order chi connectivity index (χ0) is 15.4. The Bertz CT molecular complexity index is 708. The summed E-state index contributed by atoms with van der Waals surface area (Å²) in [6.07, 6.45) is 0. The van der Waals surface area contributed by atoms with Gasteiger partial charge < -0.3 is 11.5 Å². The molecule has 2 aromatic carbocycles. The molecule has 4 nitrogen and oxygen atoms in total. The summed E-state index contributed by atoms with van der Waals surface area (Å²) in [5.74, 6) is 0.328. The number of amidine groups is 2. The molecule has 0 aliphatic rings. The van der Waals surface area contributed by atoms with Gasteiger partial charge in [-0.2, -0.15) is 0 Å². The number of halogens is 3. The summed E-state index contributed by atoms with van der Waals surface area (Å²) < 4.78 is 0.725. The normalized spacial score (nSPS) is 12.5. The fraction of sp³-hybridized carbons (Fsp3) is 0. The van der Waals surface area contributed by atoms with Crippen LogP contribution in [0, 0.1) is 0 Å². The van der Waals surface area contributed by atoms with E-state index in [4.69, 9.17) is 34.7 Å². The molecule has 4 N–H and O–H groups in total. The van der Waals surface area contributed by atoms with Crippen LogP contribution in [-0.4, -0.2) is 11.7 Å². The summed E-state index contributed by atoms with van der Waals surface area (Å²) in [6.45, 7) is 0. The lowest BCUT2D eigenvalue weighted by atomic mass is 10.2. The van der Waals surface area contributed by atoms with E-state index in [-0.39, 0.29) is 11.7 Å². The molecule has 0 bridgehead atoms. The Morgan fingerprint density at radius 2 is 1.48 bits per heavy atom. The van der Waals surface area contributed by atoms with E-state index in [1.807, 2.05) is 6.07 Å². The predicted octanol–water partition coefficient (Wildman–Crippen LogP) is 3.78. The lowest BCUT2D eigenvalue weighted by molar-refractivity contribution is 1.20. The Hall–Kier alpha value is -1.56. The molecule has 0 saturated heterocycles. The van der Waals surface area contributed by atoms with Crippen LogP contribution in [0.15, 0.2) is 57.1 Å². The van der Waals surface area contributed by atoms with Crippen LogP contribution < -0.4 is 11.5 Å². The van der Waals surface area contributed by atoms with Crippen LogP contribution in [-0.2, 0) is 0 Å². The lowest BCUT2D eigenvalue weighted by Gasteiger charge is -2.05. The van der Waals surface area contributed by atoms with Gasteiger partial charge in [0.25, 0.3) is 0 Å². The van der Waals surface area contributed by atoms with Gasteiger partial charge in [0.05, 0.1) is 15.6 Å². The van der Waals surface area contributed by atoms with E-state index in [0.29, 0.717) is 21.2 Å². The highest BCUT2D eigenvalue weighted by Crippen LogP contribution is 2.24. The first kappa shape index (κ1) is 15.8. The predicted molar refractivity (Wildman–Crippen MR) is 92.1 cm³/mol. The Labute approximate surface area is 140 Å². The molecule has 0 heterocycles. The zero-order valence-electron chi connectivity index (χ0n) is 10.7. The lowest BCUT2D eigenvalue weighted by Crippen LogP contribution is -2.17. The molecular formula is C14H11BrCl2N4. The van der Waals surface area contributed by atoms with Gasteiger partial charge in [0.2, 0.25) is 0 Å². The minimum Gasteiger partial charge on any atom is -0.382 e. The van der Waals surface area contributed by atoms with Crippen molar-refractivity contribution in [2.75, 3.05) is 0 Å². The molecule has 0 radical (unpaired) electrons. The van der Waals surface area contributed by atoms with Crippen LogP contribution in [0.5, 0.6) is 0 Å². The van der Waals surface area contributed by atoms with Gasteiger partial charge in [0.15, 0.2) is 11.7 Å². The molecule has 2 aromatic rings. The largest absolute Gasteiger partial charge is 0.382 e. The number of nitrogens with zero attached hydrogens (tertiary/aromatic N) is 2. The van der Waals surface area contributed by atoms with Crippen molar-refractivity contribution in [1.29, 1.82) is 0 Å². The fourth-order valence-electron chi connectivity index (χ4n) is 1.62. The number of nitrogens with two attached hydrogens (primary N) is 2. The Kier molecular flexibility index (Phi) is 5.22. The zero-order valence-corrected chi connectivity index (χ0v) is 13.8. The van der Waals surface area contributed by atoms with E-state index < -0.39 is 0 Å². The Morgan fingerprint density at radius 3 is 2.14 bits per heavy atom. The van der Waals surface area contributed by atoms with Gasteiger partial charge >= 0.3 is 0 Å². The van der Waals surface area contributed by atoms with Crippen LogP contribution in [0.3, 0.4) is 0 Å². The van der Waals surface area contributed by atoms with Crippen molar-refractivity contribution in [3.05, 3.63) is 68.1 Å². The van der Waals surface area contributed by atoms with Crippen LogP contribution in [0.4, 0.5) is 0 Å². The first-order valence-electron chi connectivity index (χ1n) is 5.86. The number of benzene rings is 2. The molecular weight excluding hydrogens is 375 g/mol. The van der Waals surface area contributed by atoms with Gasteiger partial charge in [-0.1, -0.05) is 41.4 Å². The summed E-state index contributed by atoms with van der Waals surface area (Å²) in [6, 6.07) is 12.4. The topological polar surface area (TPSA) is 76.8 Å². The summed E-state index contributed by atoms with van der Waals surface area (Å²) in [5.41, 5.74) is 12.9. The molecule has 0 spiro atoms. The van der Waals surface area contributed by atoms with E-state index >= 15 is 0 Å². The van der Waals surface area contributed by atoms with Crippen molar-refractivity contribution < 1.29 is 0 Å². The number of hydrogen-bond donors (Lipinski definition) is 2. The summed E-state index contributed by atoms with van der Waals surface area (Å²) in [4.78, 5) is 0. The maximum atomic E-state index is 6.09. The molecule has 7 heteroatoms. The highest BCUT2D eigenvalue weighted by atomic mass is 79.9. The average Bonchev–Trinajstić information content (AvgIpc) is 2.45. The third-order valence-electron chi connectivity index (χ3n) is 2.63. The fourth-order valence-corrected chi connectivity index (χ4v) is 2.81. The first-order valence-corrected chi connectivity index (χ1v) is 7.41. The van der Waals surface area contributed by atoms with E-state index in [9.17, 15) is 0 Å². The van der Waals surface area contributed by atoms with Gasteiger partial charge in [0.1, 0.15) is 0 Å². The molecule has 0 amide bonds. The quantitative estimate of drug-likeness (QED) is 0.479. The number of rotatable bonds is 3. The van der Waals surface area contributed by atoms with Gasteiger partial charge in [0, 0.05) is 10.0 Å². The minimum atomic E-state index is 0.155. The molecule has 108 valence electrons. The molecule has 2 rings (SSSR count). The maximum absolute atomic E-state index is 6.09. The van der Waals surface area contributed by atoms with Gasteiger partial charge in [-0.15, -0.1) is 10.2 Å². The van der Waals surface area contributed by atoms with Crippen LogP contribution in [0.2, 0.25) is 10.0 Å². The smallest absolute Gasteiger partial charge is 0.156 e. The van der Waals surface area contributed by atoms with E-state index in [1.54, 1.807) is 36.4 Å². The van der Waals surface area contributed by atoms with Crippen molar-refractivity contribution in [2.24, 2.45) is 21.7 Å². The summed E-state index contributed by atoms with van der Waals surface area (Å²) in [7, 11) is 0. The Morgan fingerprint density at radius 1 is 0.857 bits per heavy atom. The molecule has 0 aliphatic heterocycles. The Balaban J connectivity index is 2.36. The second-order valence-electron chi connectivity index (χ2n) is 4.05. The van der Waals surface area contributed by atoms with Crippen LogP contribution >= 0.6 is 39.1 Å². The molecule has 0 saturated carbocycles. The van der Waals surface area contributed by atoms with E-state index in [2.05, 4.69) is 26.1 Å². The molecule has 0 aliphatic carbocycles. The van der Waals surface area contributed by atoms with E-state index in [1.165, 1.54) is 0 Å². The average molecular weight is 386 g/mol. The summed E-state index contributed by atoms with van der Waals surface area (Å²) in [5, 5.41) is 8.79. The first-order chi connectivity index (χ1) is 10.0. The number of hydrogen-bond acceptors (Lipinski definition) is 2. The third kappa shape index (κ3) is 3.75. The highest BCUT2D eigenvalue weighted by Gasteiger charge is 2.09. The molecule has 0 fully saturated rings. The van der Waals surface area contributed by atoms with Crippen molar-refractivity contribution >= 4 is 50.8 Å². The van der Waals surface area contributed by atoms with Crippen molar-refractivity contribution in [3.8, 4) is 0 Å². The standard InChI is InChI=1S/C14H11BrCl2N4/c15-9-5-3-7-11(17)12(9)14(19)21-20-13(18)8-4-1-2-6-10(8)16/h1-7H,(H2,18,20)(H2,19,21). The van der Waals surface area contributed by atoms with Crippen molar-refractivity contribution in [3.63, 3.8) is 0 Å². The third-order valence-corrected chi connectivity index (χ3v) is 3.94. The highest BCUT2D eigenvalue weighted by molar-refractivity contribution is 9.10. The van der Waals surface area contributed by atoms with Crippen molar-refractivity contribution in [1.82, 2.24) is 0 Å². The van der Waals surface area contributed by atoms with Crippen LogP contribution in [0.1, 0.15) is 11.1 Å². The van der Waals surface area contributed by atoms with Gasteiger partial charge in [-0.05, 0) is 40.2 Å². The summed E-state index contributed by atoms with van der Waals surface area (Å²) >= 11 is 15.5. The second kappa shape index (κ2) is 6.93. The van der Waals surface area contributed by atoms with Gasteiger partial charge in [-0.25, -0.2) is 0 Å². The molecule has 0 unspecified atom stereocenters. The molecule has 0 aromatic heterocycles. The van der Waals surface area contributed by atoms with Crippen molar-refractivity contribution in [2.45, 2.75) is 0 Å². The van der Waals surface area contributed by atoms with E-state index in [0.717, 1.165) is 4.47 Å². The monoisotopic (exact) mass is 384 g/mol. The molecule has 0 atom stereocenters.